The normalized spacial score (nSPS) is 26.9. The number of nitrogens with zero attached hydrogens (tertiary/aromatic N) is 1. The molecule has 1 saturated heterocycles. The van der Waals surface area contributed by atoms with Crippen LogP contribution in [0.2, 0.25) is 0 Å². The van der Waals surface area contributed by atoms with Crippen molar-refractivity contribution < 1.29 is 5.11 Å². The summed E-state index contributed by atoms with van der Waals surface area (Å²) < 4.78 is 0. The van der Waals surface area contributed by atoms with Gasteiger partial charge in [0.25, 0.3) is 0 Å². The average molecular weight is 155 g/mol. The largest absolute Gasteiger partial charge is 0.396 e. The maximum Gasteiger partial charge on any atom is 0.0471 e. The van der Waals surface area contributed by atoms with Gasteiger partial charge in [-0.05, 0) is 25.8 Å². The van der Waals surface area contributed by atoms with Crippen LogP contribution in [0.25, 0.3) is 0 Å². The molecular weight excluding hydrogens is 138 g/mol. The smallest absolute Gasteiger partial charge is 0.0471 e. The third kappa shape index (κ3) is 2.64. The van der Waals surface area contributed by atoms with E-state index in [9.17, 15) is 0 Å². The minimum absolute atomic E-state index is 0.354. The van der Waals surface area contributed by atoms with Crippen LogP contribution < -0.4 is 0 Å². The molecule has 2 heteroatoms. The van der Waals surface area contributed by atoms with Gasteiger partial charge in [0.05, 0.1) is 0 Å². The molecule has 11 heavy (non-hydrogen) atoms. The van der Waals surface area contributed by atoms with Gasteiger partial charge in [-0.15, -0.1) is 0 Å². The summed E-state index contributed by atoms with van der Waals surface area (Å²) in [7, 11) is 0. The molecule has 0 aromatic heterocycles. The highest BCUT2D eigenvalue weighted by molar-refractivity contribution is 4.85. The fraction of sp³-hybridized carbons (Fsp3) is 0.778. The molecule has 1 aliphatic heterocycles. The summed E-state index contributed by atoms with van der Waals surface area (Å²) in [4.78, 5) is 2.38. The molecule has 1 unspecified atom stereocenters. The lowest BCUT2D eigenvalue weighted by molar-refractivity contribution is 0.225. The molecule has 64 valence electrons. The fourth-order valence-electron chi connectivity index (χ4n) is 1.48. The summed E-state index contributed by atoms with van der Waals surface area (Å²) in [6.07, 6.45) is 5.40. The van der Waals surface area contributed by atoms with Gasteiger partial charge < -0.3 is 5.11 Å². The molecule has 0 bridgehead atoms. The molecule has 1 N–H and O–H groups in total. The molecule has 0 aromatic rings. The van der Waals surface area contributed by atoms with Crippen LogP contribution in [0.15, 0.2) is 12.2 Å². The van der Waals surface area contributed by atoms with E-state index < -0.39 is 0 Å². The van der Waals surface area contributed by atoms with Crippen LogP contribution in [0.3, 0.4) is 0 Å². The predicted octanol–water partition coefficient (Wildman–Crippen LogP) is 0.877. The van der Waals surface area contributed by atoms with E-state index in [2.05, 4.69) is 17.1 Å². The monoisotopic (exact) mass is 155 g/mol. The first-order valence-electron chi connectivity index (χ1n) is 4.31. The van der Waals surface area contributed by atoms with E-state index in [1.165, 1.54) is 0 Å². The quantitative estimate of drug-likeness (QED) is 0.611. The van der Waals surface area contributed by atoms with E-state index in [-0.39, 0.29) is 0 Å². The summed E-state index contributed by atoms with van der Waals surface area (Å²) in [5.74, 6) is 0.528. The van der Waals surface area contributed by atoms with Gasteiger partial charge in [0.15, 0.2) is 0 Å². The summed E-state index contributed by atoms with van der Waals surface area (Å²) in [6, 6.07) is 0. The Morgan fingerprint density at radius 1 is 1.64 bits per heavy atom. The highest BCUT2D eigenvalue weighted by Crippen LogP contribution is 2.14. The minimum Gasteiger partial charge on any atom is -0.396 e. The lowest BCUT2D eigenvalue weighted by Crippen LogP contribution is -2.21. The molecule has 1 rings (SSSR count). The maximum absolute atomic E-state index is 8.86. The van der Waals surface area contributed by atoms with Crippen molar-refractivity contribution in [3.05, 3.63) is 12.2 Å². The van der Waals surface area contributed by atoms with Gasteiger partial charge in [-0.2, -0.15) is 0 Å². The molecule has 1 fully saturated rings. The van der Waals surface area contributed by atoms with E-state index in [0.29, 0.717) is 12.5 Å². The van der Waals surface area contributed by atoms with Crippen LogP contribution in [0.1, 0.15) is 13.3 Å². The lowest BCUT2D eigenvalue weighted by atomic mass is 10.1. The van der Waals surface area contributed by atoms with Gasteiger partial charge in [-0.3, -0.25) is 4.90 Å². The Morgan fingerprint density at radius 2 is 2.45 bits per heavy atom. The minimum atomic E-state index is 0.354. The van der Waals surface area contributed by atoms with Crippen LogP contribution in [-0.4, -0.2) is 36.2 Å². The van der Waals surface area contributed by atoms with Crippen molar-refractivity contribution >= 4 is 0 Å². The number of rotatable bonds is 3. The van der Waals surface area contributed by atoms with Crippen molar-refractivity contribution in [1.29, 1.82) is 0 Å². The number of likely N-dealkylation sites (tertiary alicyclic amines) is 1. The Kier molecular flexibility index (Phi) is 3.60. The molecule has 0 spiro atoms. The number of hydrogen-bond acceptors (Lipinski definition) is 2. The van der Waals surface area contributed by atoms with Crippen molar-refractivity contribution in [3.63, 3.8) is 0 Å². The van der Waals surface area contributed by atoms with Gasteiger partial charge in [-0.25, -0.2) is 0 Å². The summed E-state index contributed by atoms with van der Waals surface area (Å²) in [5, 5.41) is 8.86. The topological polar surface area (TPSA) is 23.5 Å². The Hall–Kier alpha value is -0.340. The highest BCUT2D eigenvalue weighted by atomic mass is 16.3. The van der Waals surface area contributed by atoms with Gasteiger partial charge in [-0.1, -0.05) is 12.2 Å². The number of allylic oxidation sites excluding steroid dienone is 1. The molecule has 0 saturated carbocycles. The van der Waals surface area contributed by atoms with Crippen LogP contribution in [0.5, 0.6) is 0 Å². The van der Waals surface area contributed by atoms with Crippen LogP contribution in [-0.2, 0) is 0 Å². The molecule has 1 aliphatic rings. The van der Waals surface area contributed by atoms with Gasteiger partial charge in [0, 0.05) is 19.7 Å². The van der Waals surface area contributed by atoms with Crippen molar-refractivity contribution in [1.82, 2.24) is 4.90 Å². The molecule has 0 aromatic carbocycles. The lowest BCUT2D eigenvalue weighted by Gasteiger charge is -2.11. The molecule has 1 atom stereocenters. The number of aliphatic hydroxyl groups is 1. The molecule has 1 heterocycles. The molecule has 0 amide bonds. The number of hydrogen-bond donors (Lipinski definition) is 1. The molecule has 2 nitrogen and oxygen atoms in total. The van der Waals surface area contributed by atoms with Crippen molar-refractivity contribution in [3.8, 4) is 0 Å². The third-order valence-corrected chi connectivity index (χ3v) is 2.23. The maximum atomic E-state index is 8.86. The Morgan fingerprint density at radius 3 is 3.00 bits per heavy atom. The second-order valence-electron chi connectivity index (χ2n) is 3.17. The van der Waals surface area contributed by atoms with Gasteiger partial charge in [0.1, 0.15) is 0 Å². The molecular formula is C9H17NO. The zero-order valence-corrected chi connectivity index (χ0v) is 7.16. The Balaban J connectivity index is 2.19. The van der Waals surface area contributed by atoms with E-state index in [1.54, 1.807) is 0 Å². The number of aliphatic hydroxyl groups excluding tert-OH is 1. The third-order valence-electron chi connectivity index (χ3n) is 2.23. The predicted molar refractivity (Wildman–Crippen MR) is 46.4 cm³/mol. The van der Waals surface area contributed by atoms with Crippen LogP contribution in [0.4, 0.5) is 0 Å². The van der Waals surface area contributed by atoms with E-state index in [1.807, 2.05) is 6.92 Å². The van der Waals surface area contributed by atoms with Crippen molar-refractivity contribution in [2.24, 2.45) is 5.92 Å². The summed E-state index contributed by atoms with van der Waals surface area (Å²) in [6.45, 7) is 5.66. The second kappa shape index (κ2) is 4.52. The second-order valence-corrected chi connectivity index (χ2v) is 3.17. The first-order chi connectivity index (χ1) is 5.36. The van der Waals surface area contributed by atoms with Crippen LogP contribution >= 0.6 is 0 Å². The fourth-order valence-corrected chi connectivity index (χ4v) is 1.48. The first kappa shape index (κ1) is 8.75. The van der Waals surface area contributed by atoms with Crippen molar-refractivity contribution in [2.45, 2.75) is 13.3 Å². The zero-order chi connectivity index (χ0) is 8.10. The van der Waals surface area contributed by atoms with Crippen LogP contribution in [0, 0.1) is 5.92 Å². The van der Waals surface area contributed by atoms with E-state index in [4.69, 9.17) is 5.11 Å². The summed E-state index contributed by atoms with van der Waals surface area (Å²) >= 11 is 0. The average Bonchev–Trinajstić information content (AvgIpc) is 2.48. The Bertz CT molecular complexity index is 134. The Labute approximate surface area is 68.5 Å². The molecule has 0 radical (unpaired) electrons. The highest BCUT2D eigenvalue weighted by Gasteiger charge is 2.19. The molecule has 0 aliphatic carbocycles. The standard InChI is InChI=1S/C9H17NO/c1-2-3-5-10-6-4-9(7-10)8-11/h2-3,9,11H,4-8H2,1H3. The first-order valence-corrected chi connectivity index (χ1v) is 4.31. The SMILES string of the molecule is CC=CCN1CCC(CO)C1. The van der Waals surface area contributed by atoms with Crippen molar-refractivity contribution in [2.75, 3.05) is 26.2 Å². The summed E-state index contributed by atoms with van der Waals surface area (Å²) in [5.41, 5.74) is 0. The van der Waals surface area contributed by atoms with Gasteiger partial charge in [0.2, 0.25) is 0 Å². The van der Waals surface area contributed by atoms with E-state index >= 15 is 0 Å². The van der Waals surface area contributed by atoms with Gasteiger partial charge >= 0.3 is 0 Å². The van der Waals surface area contributed by atoms with E-state index in [0.717, 1.165) is 26.1 Å². The zero-order valence-electron chi connectivity index (χ0n) is 7.16.